The summed E-state index contributed by atoms with van der Waals surface area (Å²) in [5, 5.41) is 3.49. The van der Waals surface area contributed by atoms with Gasteiger partial charge in [0.05, 0.1) is 0 Å². The third-order valence-corrected chi connectivity index (χ3v) is 4.33. The van der Waals surface area contributed by atoms with Crippen molar-refractivity contribution in [3.8, 4) is 0 Å². The van der Waals surface area contributed by atoms with Crippen LogP contribution in [0.5, 0.6) is 0 Å². The molecule has 0 aliphatic rings. The first-order valence-corrected chi connectivity index (χ1v) is 8.79. The Balaban J connectivity index is 0.00000576. The number of nitrogens with one attached hydrogen (secondary N) is 1. The molecule has 1 rings (SSSR count). The van der Waals surface area contributed by atoms with Crippen molar-refractivity contribution in [2.75, 3.05) is 27.7 Å². The van der Waals surface area contributed by atoms with E-state index in [2.05, 4.69) is 78.9 Å². The second-order valence-electron chi connectivity index (χ2n) is 6.53. The van der Waals surface area contributed by atoms with Gasteiger partial charge in [-0.3, -0.25) is 9.89 Å². The Morgan fingerprint density at radius 1 is 1.24 bits per heavy atom. The number of rotatable bonds is 9. The number of halogens is 1. The lowest BCUT2D eigenvalue weighted by Crippen LogP contribution is -2.39. The molecule has 1 aromatic carbocycles. The number of allylic oxidation sites excluding steroid dienone is 1. The first-order valence-electron chi connectivity index (χ1n) is 8.79. The smallest absolute Gasteiger partial charge is 0.193 e. The van der Waals surface area contributed by atoms with E-state index in [-0.39, 0.29) is 24.0 Å². The van der Waals surface area contributed by atoms with E-state index < -0.39 is 0 Å². The van der Waals surface area contributed by atoms with Crippen molar-refractivity contribution >= 4 is 29.9 Å². The van der Waals surface area contributed by atoms with E-state index in [0.717, 1.165) is 38.4 Å². The predicted octanol–water partition coefficient (Wildman–Crippen LogP) is 4.12. The lowest BCUT2D eigenvalue weighted by atomic mass is 10.1. The Labute approximate surface area is 171 Å². The van der Waals surface area contributed by atoms with Gasteiger partial charge >= 0.3 is 0 Å². The van der Waals surface area contributed by atoms with Crippen molar-refractivity contribution < 1.29 is 0 Å². The highest BCUT2D eigenvalue weighted by atomic mass is 127. The lowest BCUT2D eigenvalue weighted by molar-refractivity contribution is 0.265. The van der Waals surface area contributed by atoms with Gasteiger partial charge in [-0.15, -0.1) is 30.6 Å². The van der Waals surface area contributed by atoms with Gasteiger partial charge in [0.15, 0.2) is 5.96 Å². The van der Waals surface area contributed by atoms with Crippen LogP contribution in [0.4, 0.5) is 0 Å². The van der Waals surface area contributed by atoms with Gasteiger partial charge in [0, 0.05) is 39.8 Å². The maximum atomic E-state index is 4.40. The van der Waals surface area contributed by atoms with Crippen molar-refractivity contribution in [2.24, 2.45) is 4.99 Å². The lowest BCUT2D eigenvalue weighted by Gasteiger charge is -2.24. The van der Waals surface area contributed by atoms with Gasteiger partial charge in [0.2, 0.25) is 0 Å². The molecule has 0 atom stereocenters. The molecular weight excluding hydrogens is 423 g/mol. The molecule has 4 nitrogen and oxygen atoms in total. The van der Waals surface area contributed by atoms with Gasteiger partial charge in [-0.05, 0) is 44.9 Å². The molecule has 1 aromatic rings. The number of benzene rings is 1. The predicted molar refractivity (Wildman–Crippen MR) is 121 cm³/mol. The quantitative estimate of drug-likeness (QED) is 0.199. The van der Waals surface area contributed by atoms with Crippen LogP contribution in [0, 0.1) is 0 Å². The normalized spacial score (nSPS) is 11.4. The van der Waals surface area contributed by atoms with Crippen LogP contribution in [-0.4, -0.2) is 49.5 Å². The molecule has 25 heavy (non-hydrogen) atoms. The summed E-state index contributed by atoms with van der Waals surface area (Å²) in [6.07, 6.45) is 4.09. The first-order chi connectivity index (χ1) is 11.5. The maximum Gasteiger partial charge on any atom is 0.193 e. The zero-order valence-corrected chi connectivity index (χ0v) is 18.8. The summed E-state index contributed by atoms with van der Waals surface area (Å²) >= 11 is 0. The molecule has 1 N–H and O–H groups in total. The fourth-order valence-corrected chi connectivity index (χ4v) is 2.47. The monoisotopic (exact) mass is 458 g/mol. The van der Waals surface area contributed by atoms with E-state index >= 15 is 0 Å². The van der Waals surface area contributed by atoms with E-state index in [9.17, 15) is 0 Å². The van der Waals surface area contributed by atoms with Crippen LogP contribution in [-0.2, 0) is 13.1 Å². The van der Waals surface area contributed by atoms with Crippen molar-refractivity contribution in [1.29, 1.82) is 0 Å². The van der Waals surface area contributed by atoms with Gasteiger partial charge in [0.1, 0.15) is 0 Å². The molecule has 0 aromatic heterocycles. The number of hydrogen-bond acceptors (Lipinski definition) is 2. The molecule has 0 bridgehead atoms. The summed E-state index contributed by atoms with van der Waals surface area (Å²) in [5.41, 5.74) is 2.69. The number of hydrogen-bond donors (Lipinski definition) is 1. The molecule has 0 amide bonds. The Morgan fingerprint density at radius 2 is 1.88 bits per heavy atom. The van der Waals surface area contributed by atoms with E-state index in [1.807, 2.05) is 13.1 Å². The number of aliphatic imine (C=N–C) groups is 1. The highest BCUT2D eigenvalue weighted by molar-refractivity contribution is 14.0. The summed E-state index contributed by atoms with van der Waals surface area (Å²) in [4.78, 5) is 8.93. The third kappa shape index (κ3) is 8.72. The molecule has 0 aliphatic carbocycles. The van der Waals surface area contributed by atoms with Crippen LogP contribution >= 0.6 is 24.0 Å². The Bertz CT molecular complexity index is 528. The van der Waals surface area contributed by atoms with Gasteiger partial charge < -0.3 is 10.2 Å². The van der Waals surface area contributed by atoms with Crippen LogP contribution in [0.1, 0.15) is 37.8 Å². The van der Waals surface area contributed by atoms with Crippen molar-refractivity contribution in [3.63, 3.8) is 0 Å². The fraction of sp³-hybridized carbons (Fsp3) is 0.550. The largest absolute Gasteiger partial charge is 0.352 e. The highest BCUT2D eigenvalue weighted by Crippen LogP contribution is 2.12. The standard InChI is InChI=1S/C20H34N4.HI/c1-7-8-11-14-23(5)20(21-4)22-15-18-12-9-10-13-19(18)16-24(6)17(2)3;/h7,9-10,12-13,17H,1,8,11,14-16H2,2-6H3,(H,21,22);1H. The summed E-state index contributed by atoms with van der Waals surface area (Å²) in [5.74, 6) is 0.936. The third-order valence-electron chi connectivity index (χ3n) is 4.33. The van der Waals surface area contributed by atoms with E-state index in [1.165, 1.54) is 11.1 Å². The minimum absolute atomic E-state index is 0. The zero-order valence-electron chi connectivity index (χ0n) is 16.5. The number of guanidine groups is 1. The van der Waals surface area contributed by atoms with Crippen LogP contribution in [0.2, 0.25) is 0 Å². The first kappa shape index (κ1) is 23.9. The van der Waals surface area contributed by atoms with Crippen LogP contribution in [0.25, 0.3) is 0 Å². The molecule has 5 heteroatoms. The van der Waals surface area contributed by atoms with Crippen molar-refractivity contribution in [1.82, 2.24) is 15.1 Å². The van der Waals surface area contributed by atoms with E-state index in [1.54, 1.807) is 0 Å². The SMILES string of the molecule is C=CCCCN(C)C(=NC)NCc1ccccc1CN(C)C(C)C.I. The molecule has 0 saturated heterocycles. The van der Waals surface area contributed by atoms with Crippen molar-refractivity contribution in [2.45, 2.75) is 45.8 Å². The second-order valence-corrected chi connectivity index (χ2v) is 6.53. The summed E-state index contributed by atoms with van der Waals surface area (Å²) in [6.45, 7) is 11.0. The molecule has 0 saturated carbocycles. The van der Waals surface area contributed by atoms with E-state index in [4.69, 9.17) is 0 Å². The van der Waals surface area contributed by atoms with E-state index in [0.29, 0.717) is 6.04 Å². The summed E-state index contributed by atoms with van der Waals surface area (Å²) in [6, 6.07) is 9.17. The molecular formula is C20H35IN4. The van der Waals surface area contributed by atoms with Crippen LogP contribution < -0.4 is 5.32 Å². The molecule has 0 fully saturated rings. The average Bonchev–Trinajstić information content (AvgIpc) is 2.56. The van der Waals surface area contributed by atoms with Gasteiger partial charge in [0.25, 0.3) is 0 Å². The topological polar surface area (TPSA) is 30.9 Å². The van der Waals surface area contributed by atoms with Crippen LogP contribution in [0.3, 0.4) is 0 Å². The average molecular weight is 458 g/mol. The fourth-order valence-electron chi connectivity index (χ4n) is 2.47. The van der Waals surface area contributed by atoms with Crippen molar-refractivity contribution in [3.05, 3.63) is 48.0 Å². The summed E-state index contributed by atoms with van der Waals surface area (Å²) in [7, 11) is 6.09. The second kappa shape index (κ2) is 13.2. The van der Waals surface area contributed by atoms with Gasteiger partial charge in [-0.2, -0.15) is 0 Å². The van der Waals surface area contributed by atoms with Gasteiger partial charge in [-0.25, -0.2) is 0 Å². The Hall–Kier alpha value is -1.08. The number of nitrogens with zero attached hydrogens (tertiary/aromatic N) is 3. The molecule has 0 unspecified atom stereocenters. The van der Waals surface area contributed by atoms with Crippen LogP contribution in [0.15, 0.2) is 41.9 Å². The molecule has 0 heterocycles. The van der Waals surface area contributed by atoms with Gasteiger partial charge in [-0.1, -0.05) is 30.3 Å². The maximum absolute atomic E-state index is 4.40. The molecule has 0 aliphatic heterocycles. The minimum atomic E-state index is 0. The zero-order chi connectivity index (χ0) is 17.9. The highest BCUT2D eigenvalue weighted by Gasteiger charge is 2.10. The molecule has 0 spiro atoms. The molecule has 142 valence electrons. The number of unbranched alkanes of at least 4 members (excludes halogenated alkanes) is 1. The molecule has 0 radical (unpaired) electrons. The Kier molecular flexibility index (Phi) is 12.6. The summed E-state index contributed by atoms with van der Waals surface area (Å²) < 4.78 is 0. The minimum Gasteiger partial charge on any atom is -0.352 e. The Morgan fingerprint density at radius 3 is 2.44 bits per heavy atom.